The summed E-state index contributed by atoms with van der Waals surface area (Å²) in [5.74, 6) is 1.15. The van der Waals surface area contributed by atoms with Gasteiger partial charge in [0.25, 0.3) is 5.91 Å². The zero-order valence-corrected chi connectivity index (χ0v) is 20.7. The van der Waals surface area contributed by atoms with Gasteiger partial charge < -0.3 is 15.0 Å². The lowest BCUT2D eigenvalue weighted by Crippen LogP contribution is -2.51. The van der Waals surface area contributed by atoms with Crippen molar-refractivity contribution in [2.45, 2.75) is 32.0 Å². The smallest absolute Gasteiger partial charge is 0.251 e. The van der Waals surface area contributed by atoms with Crippen molar-refractivity contribution in [1.29, 1.82) is 0 Å². The molecule has 186 valence electrons. The zero-order chi connectivity index (χ0) is 25.2. The average molecular weight is 488 g/mol. The van der Waals surface area contributed by atoms with Crippen LogP contribution < -0.4 is 10.1 Å². The van der Waals surface area contributed by atoms with E-state index in [1.54, 1.807) is 12.3 Å². The lowest BCUT2D eigenvalue weighted by Gasteiger charge is -2.32. The molecule has 0 unspecified atom stereocenters. The maximum atomic E-state index is 14.4. The maximum absolute atomic E-state index is 14.4. The number of piperidine rings is 1. The number of aromatic nitrogens is 3. The second-order valence-electron chi connectivity index (χ2n) is 9.34. The fourth-order valence-electron chi connectivity index (χ4n) is 4.69. The molecular formula is C28H30FN5O2. The van der Waals surface area contributed by atoms with Gasteiger partial charge in [-0.2, -0.15) is 5.10 Å². The summed E-state index contributed by atoms with van der Waals surface area (Å²) in [5.41, 5.74) is 4.09. The number of alkyl halides is 1. The molecule has 8 heteroatoms. The molecule has 1 saturated heterocycles. The van der Waals surface area contributed by atoms with E-state index in [9.17, 15) is 9.18 Å². The summed E-state index contributed by atoms with van der Waals surface area (Å²) in [6.45, 7) is 3.11. The van der Waals surface area contributed by atoms with Crippen LogP contribution in [0.2, 0.25) is 0 Å². The molecule has 1 N–H and O–H groups in total. The minimum absolute atomic E-state index is 0.230. The van der Waals surface area contributed by atoms with Crippen LogP contribution in [0, 0.1) is 0 Å². The Morgan fingerprint density at radius 2 is 1.97 bits per heavy atom. The summed E-state index contributed by atoms with van der Waals surface area (Å²) in [6, 6.07) is 14.7. The highest BCUT2D eigenvalue weighted by molar-refractivity contribution is 5.96. The number of rotatable bonds is 6. The van der Waals surface area contributed by atoms with E-state index >= 15 is 0 Å². The van der Waals surface area contributed by atoms with E-state index in [0.29, 0.717) is 36.4 Å². The van der Waals surface area contributed by atoms with Gasteiger partial charge in [-0.3, -0.25) is 14.5 Å². The van der Waals surface area contributed by atoms with Crippen LogP contribution in [-0.2, 0) is 13.5 Å². The second-order valence-corrected chi connectivity index (χ2v) is 9.34. The predicted octanol–water partition coefficient (Wildman–Crippen LogP) is 4.76. The Morgan fingerprint density at radius 1 is 1.14 bits per heavy atom. The van der Waals surface area contributed by atoms with Crippen LogP contribution in [0.1, 0.15) is 29.3 Å². The SMILES string of the molecule is CCc1cc(-c2cc(Oc3ccc4cnn(C)c4c3)ccn2)ccc1C(=O)N[C@@H]1CCN(C)C[C@@H]1F. The first-order chi connectivity index (χ1) is 17.4. The quantitative estimate of drug-likeness (QED) is 0.425. The van der Waals surface area contributed by atoms with E-state index < -0.39 is 12.2 Å². The largest absolute Gasteiger partial charge is 0.457 e. The topological polar surface area (TPSA) is 72.3 Å². The molecule has 2 aromatic heterocycles. The van der Waals surface area contributed by atoms with Crippen LogP contribution in [-0.4, -0.2) is 57.9 Å². The van der Waals surface area contributed by atoms with Crippen LogP contribution in [0.15, 0.2) is 60.9 Å². The van der Waals surface area contributed by atoms with Crippen molar-refractivity contribution in [3.63, 3.8) is 0 Å². The van der Waals surface area contributed by atoms with Crippen LogP contribution in [0.3, 0.4) is 0 Å². The number of fused-ring (bicyclic) bond motifs is 1. The molecule has 1 fully saturated rings. The summed E-state index contributed by atoms with van der Waals surface area (Å²) in [6.07, 6.45) is 3.74. The van der Waals surface area contributed by atoms with Crippen LogP contribution in [0.25, 0.3) is 22.2 Å². The number of benzene rings is 2. The fourth-order valence-corrected chi connectivity index (χ4v) is 4.69. The lowest BCUT2D eigenvalue weighted by molar-refractivity contribution is 0.0821. The summed E-state index contributed by atoms with van der Waals surface area (Å²) >= 11 is 0. The molecule has 1 amide bonds. The van der Waals surface area contributed by atoms with E-state index in [0.717, 1.165) is 34.3 Å². The third kappa shape index (κ3) is 4.95. The summed E-state index contributed by atoms with van der Waals surface area (Å²) in [4.78, 5) is 19.5. The van der Waals surface area contributed by atoms with E-state index in [-0.39, 0.29) is 5.91 Å². The number of pyridine rings is 1. The van der Waals surface area contributed by atoms with E-state index in [2.05, 4.69) is 15.4 Å². The van der Waals surface area contributed by atoms with Gasteiger partial charge in [0.05, 0.1) is 23.4 Å². The first-order valence-electron chi connectivity index (χ1n) is 12.2. The van der Waals surface area contributed by atoms with E-state index in [1.807, 2.05) is 79.3 Å². The van der Waals surface area contributed by atoms with Gasteiger partial charge in [0, 0.05) is 55.0 Å². The van der Waals surface area contributed by atoms with Crippen LogP contribution in [0.4, 0.5) is 4.39 Å². The second kappa shape index (κ2) is 10.1. The number of halogens is 1. The molecule has 0 bridgehead atoms. The molecule has 0 spiro atoms. The Bertz CT molecular complexity index is 1400. The predicted molar refractivity (Wildman–Crippen MR) is 138 cm³/mol. The molecule has 1 aliphatic heterocycles. The van der Waals surface area contributed by atoms with Gasteiger partial charge in [-0.25, -0.2) is 4.39 Å². The Hall–Kier alpha value is -3.78. The third-order valence-electron chi connectivity index (χ3n) is 6.78. The highest BCUT2D eigenvalue weighted by Crippen LogP contribution is 2.29. The first-order valence-corrected chi connectivity index (χ1v) is 12.2. The van der Waals surface area contributed by atoms with Crippen molar-refractivity contribution in [2.24, 2.45) is 7.05 Å². The number of hydrogen-bond donors (Lipinski definition) is 1. The molecule has 2 aromatic carbocycles. The summed E-state index contributed by atoms with van der Waals surface area (Å²) in [5, 5.41) is 8.23. The Labute approximate surface area is 209 Å². The normalized spacial score (nSPS) is 18.3. The molecule has 36 heavy (non-hydrogen) atoms. The molecule has 5 rings (SSSR count). The highest BCUT2D eigenvalue weighted by atomic mass is 19.1. The minimum Gasteiger partial charge on any atom is -0.457 e. The molecule has 4 aromatic rings. The van der Waals surface area contributed by atoms with Crippen LogP contribution in [0.5, 0.6) is 11.5 Å². The van der Waals surface area contributed by atoms with Crippen molar-refractivity contribution in [3.05, 3.63) is 72.1 Å². The van der Waals surface area contributed by atoms with E-state index in [1.165, 1.54) is 0 Å². The van der Waals surface area contributed by atoms with Crippen molar-refractivity contribution in [3.8, 4) is 22.8 Å². The van der Waals surface area contributed by atoms with Crippen molar-refractivity contribution < 1.29 is 13.9 Å². The Balaban J connectivity index is 1.34. The minimum atomic E-state index is -1.07. The standard InChI is InChI=1S/C28H30FN5O2/c1-4-18-13-19(6-8-23(18)28(35)32-25-10-12-33(2)17-24(25)29)26-14-22(9-11-30-26)36-21-7-5-20-16-31-34(3)27(20)15-21/h5-9,11,13-16,24-25H,4,10,12,17H2,1-3H3,(H,32,35)/t24-,25+/m0/s1. The average Bonchev–Trinajstić information content (AvgIpc) is 3.25. The number of ether oxygens (including phenoxy) is 1. The van der Waals surface area contributed by atoms with Crippen molar-refractivity contribution in [2.75, 3.05) is 20.1 Å². The van der Waals surface area contributed by atoms with Gasteiger partial charge in [0.1, 0.15) is 17.7 Å². The number of likely N-dealkylation sites (tertiary alicyclic amines) is 1. The van der Waals surface area contributed by atoms with Gasteiger partial charge in [-0.1, -0.05) is 13.0 Å². The maximum Gasteiger partial charge on any atom is 0.251 e. The van der Waals surface area contributed by atoms with Gasteiger partial charge >= 0.3 is 0 Å². The van der Waals surface area contributed by atoms with Gasteiger partial charge in [-0.15, -0.1) is 0 Å². The van der Waals surface area contributed by atoms with E-state index in [4.69, 9.17) is 4.74 Å². The number of hydrogen-bond acceptors (Lipinski definition) is 5. The Kier molecular flexibility index (Phi) is 6.69. The Morgan fingerprint density at radius 3 is 2.78 bits per heavy atom. The number of nitrogens with one attached hydrogen (secondary N) is 1. The molecule has 0 saturated carbocycles. The molecule has 0 radical (unpaired) electrons. The number of carbonyl (C=O) groups excluding carboxylic acids is 1. The van der Waals surface area contributed by atoms with Gasteiger partial charge in [0.2, 0.25) is 0 Å². The fraction of sp³-hybridized carbons (Fsp3) is 0.321. The van der Waals surface area contributed by atoms with Crippen molar-refractivity contribution >= 4 is 16.8 Å². The monoisotopic (exact) mass is 487 g/mol. The number of amides is 1. The summed E-state index contributed by atoms with van der Waals surface area (Å²) < 4.78 is 22.4. The highest BCUT2D eigenvalue weighted by Gasteiger charge is 2.29. The summed E-state index contributed by atoms with van der Waals surface area (Å²) in [7, 11) is 3.79. The molecule has 3 heterocycles. The number of carbonyl (C=O) groups is 1. The van der Waals surface area contributed by atoms with Gasteiger partial charge in [-0.05, 0) is 55.8 Å². The number of aryl methyl sites for hydroxylation is 2. The van der Waals surface area contributed by atoms with Crippen LogP contribution >= 0.6 is 0 Å². The molecule has 2 atom stereocenters. The van der Waals surface area contributed by atoms with Crippen molar-refractivity contribution in [1.82, 2.24) is 25.0 Å². The molecular weight excluding hydrogens is 457 g/mol. The lowest BCUT2D eigenvalue weighted by atomic mass is 9.98. The molecule has 7 nitrogen and oxygen atoms in total. The molecule has 1 aliphatic rings. The third-order valence-corrected chi connectivity index (χ3v) is 6.78. The first kappa shape index (κ1) is 23.9. The zero-order valence-electron chi connectivity index (χ0n) is 20.7. The number of nitrogens with zero attached hydrogens (tertiary/aromatic N) is 4. The van der Waals surface area contributed by atoms with Gasteiger partial charge in [0.15, 0.2) is 0 Å². The molecule has 0 aliphatic carbocycles.